The van der Waals surface area contributed by atoms with Crippen LogP contribution in [0.3, 0.4) is 0 Å². The number of thiophene rings is 1. The Bertz CT molecular complexity index is 595. The summed E-state index contributed by atoms with van der Waals surface area (Å²) in [5.74, 6) is -0.538. The van der Waals surface area contributed by atoms with Crippen LogP contribution in [0.25, 0.3) is 0 Å². The number of aliphatic carboxylic acids is 1. The van der Waals surface area contributed by atoms with Gasteiger partial charge in [-0.05, 0) is 11.4 Å². The van der Waals surface area contributed by atoms with Gasteiger partial charge in [0.2, 0.25) is 0 Å². The van der Waals surface area contributed by atoms with Gasteiger partial charge in [0.15, 0.2) is 11.9 Å². The van der Waals surface area contributed by atoms with Crippen molar-refractivity contribution in [3.8, 4) is 0 Å². The molecule has 3 N–H and O–H groups in total. The second-order valence-corrected chi connectivity index (χ2v) is 4.95. The lowest BCUT2D eigenvalue weighted by Gasteiger charge is -2.13. The van der Waals surface area contributed by atoms with Gasteiger partial charge < -0.3 is 20.3 Å². The van der Waals surface area contributed by atoms with Gasteiger partial charge in [-0.25, -0.2) is 9.59 Å². The Morgan fingerprint density at radius 2 is 2.35 bits per heavy atom. The largest absolute Gasteiger partial charge is 0.479 e. The molecule has 0 radical (unpaired) electrons. The van der Waals surface area contributed by atoms with Crippen molar-refractivity contribution in [2.75, 3.05) is 0 Å². The predicted octanol–water partition coefficient (Wildman–Crippen LogP) is 0.502. The second-order valence-electron chi connectivity index (χ2n) is 3.97. The van der Waals surface area contributed by atoms with E-state index in [9.17, 15) is 9.59 Å². The topological polar surface area (TPSA) is 109 Å². The number of rotatable bonds is 5. The molecular formula is C11H13N5O3S. The van der Waals surface area contributed by atoms with Crippen molar-refractivity contribution in [1.29, 1.82) is 0 Å². The summed E-state index contributed by atoms with van der Waals surface area (Å²) in [5, 5.41) is 23.3. The van der Waals surface area contributed by atoms with Crippen molar-refractivity contribution in [3.05, 3.63) is 34.5 Å². The fourth-order valence-corrected chi connectivity index (χ4v) is 2.29. The number of carbonyl (C=O) groups excluding carboxylic acids is 1. The molecule has 0 bridgehead atoms. The lowest BCUT2D eigenvalue weighted by Crippen LogP contribution is -2.40. The zero-order valence-corrected chi connectivity index (χ0v) is 11.4. The van der Waals surface area contributed by atoms with Gasteiger partial charge >= 0.3 is 12.0 Å². The highest BCUT2D eigenvalue weighted by Gasteiger charge is 2.22. The van der Waals surface area contributed by atoms with E-state index in [1.54, 1.807) is 29.1 Å². The van der Waals surface area contributed by atoms with Gasteiger partial charge in [-0.1, -0.05) is 6.07 Å². The van der Waals surface area contributed by atoms with Crippen LogP contribution in [-0.2, 0) is 18.4 Å². The first-order valence-corrected chi connectivity index (χ1v) is 6.59. The molecule has 0 fully saturated rings. The molecule has 0 aliphatic heterocycles. The summed E-state index contributed by atoms with van der Waals surface area (Å²) in [6.07, 6.45) is 1.51. The van der Waals surface area contributed by atoms with Crippen LogP contribution < -0.4 is 10.6 Å². The number of amides is 2. The summed E-state index contributed by atoms with van der Waals surface area (Å²) in [6.45, 7) is 0.166. The molecule has 0 aliphatic carbocycles. The molecule has 0 aromatic carbocycles. The van der Waals surface area contributed by atoms with Gasteiger partial charge in [0.1, 0.15) is 6.33 Å². The molecule has 2 aromatic rings. The Hall–Kier alpha value is -2.42. The van der Waals surface area contributed by atoms with Crippen LogP contribution in [0.15, 0.2) is 23.8 Å². The summed E-state index contributed by atoms with van der Waals surface area (Å²) in [6, 6.07) is 1.75. The van der Waals surface area contributed by atoms with Crippen molar-refractivity contribution < 1.29 is 14.7 Å². The zero-order valence-electron chi connectivity index (χ0n) is 10.6. The van der Waals surface area contributed by atoms with Crippen LogP contribution in [0.2, 0.25) is 0 Å². The molecule has 1 atom stereocenters. The molecule has 0 aliphatic rings. The SMILES string of the molecule is Cn1cnnc1CNC(=O)NC(C(=O)O)c1cccs1. The third kappa shape index (κ3) is 3.32. The van der Waals surface area contributed by atoms with E-state index >= 15 is 0 Å². The minimum absolute atomic E-state index is 0.166. The van der Waals surface area contributed by atoms with Gasteiger partial charge in [0, 0.05) is 11.9 Å². The fraction of sp³-hybridized carbons (Fsp3) is 0.273. The number of nitrogens with one attached hydrogen (secondary N) is 2. The number of hydrogen-bond donors (Lipinski definition) is 3. The number of urea groups is 1. The molecule has 106 valence electrons. The van der Waals surface area contributed by atoms with E-state index < -0.39 is 18.0 Å². The van der Waals surface area contributed by atoms with Crippen LogP contribution in [0, 0.1) is 0 Å². The van der Waals surface area contributed by atoms with Crippen molar-refractivity contribution in [2.45, 2.75) is 12.6 Å². The summed E-state index contributed by atoms with van der Waals surface area (Å²) in [5.41, 5.74) is 0. The number of aryl methyl sites for hydroxylation is 1. The van der Waals surface area contributed by atoms with Gasteiger partial charge in [-0.2, -0.15) is 0 Å². The van der Waals surface area contributed by atoms with Gasteiger partial charge in [-0.15, -0.1) is 21.5 Å². The van der Waals surface area contributed by atoms with Crippen LogP contribution in [0.4, 0.5) is 4.79 Å². The normalized spacial score (nSPS) is 11.8. The quantitative estimate of drug-likeness (QED) is 0.744. The molecule has 2 rings (SSSR count). The summed E-state index contributed by atoms with van der Waals surface area (Å²) in [7, 11) is 1.75. The number of carboxylic acids is 1. The number of carboxylic acid groups (broad SMARTS) is 1. The smallest absolute Gasteiger partial charge is 0.331 e. The molecule has 2 aromatic heterocycles. The van der Waals surface area contributed by atoms with Gasteiger partial charge in [0.05, 0.1) is 6.54 Å². The number of aromatic nitrogens is 3. The third-order valence-corrected chi connectivity index (χ3v) is 3.50. The van der Waals surface area contributed by atoms with Crippen molar-refractivity contribution in [2.24, 2.45) is 7.05 Å². The minimum atomic E-state index is -1.11. The molecule has 20 heavy (non-hydrogen) atoms. The number of hydrogen-bond acceptors (Lipinski definition) is 5. The average molecular weight is 295 g/mol. The molecule has 1 unspecified atom stereocenters. The maximum absolute atomic E-state index is 11.7. The van der Waals surface area contributed by atoms with Crippen LogP contribution >= 0.6 is 11.3 Å². The molecular weight excluding hydrogens is 282 g/mol. The van der Waals surface area contributed by atoms with Gasteiger partial charge in [0.25, 0.3) is 0 Å². The molecule has 9 heteroatoms. The van der Waals surface area contributed by atoms with E-state index in [0.29, 0.717) is 10.7 Å². The van der Waals surface area contributed by atoms with Crippen molar-refractivity contribution in [3.63, 3.8) is 0 Å². The standard InChI is InChI=1S/C11H13N5O3S/c1-16-6-13-15-8(16)5-12-11(19)14-9(10(17)18)7-3-2-4-20-7/h2-4,6,9H,5H2,1H3,(H,17,18)(H2,12,14,19). The molecule has 0 spiro atoms. The first-order chi connectivity index (χ1) is 9.58. The highest BCUT2D eigenvalue weighted by atomic mass is 32.1. The average Bonchev–Trinajstić information content (AvgIpc) is 3.04. The Labute approximate surface area is 118 Å². The van der Waals surface area contributed by atoms with E-state index in [1.807, 2.05) is 0 Å². The highest BCUT2D eigenvalue weighted by molar-refractivity contribution is 7.10. The predicted molar refractivity (Wildman–Crippen MR) is 71.1 cm³/mol. The fourth-order valence-electron chi connectivity index (χ4n) is 1.52. The molecule has 0 saturated carbocycles. The highest BCUT2D eigenvalue weighted by Crippen LogP contribution is 2.18. The third-order valence-electron chi connectivity index (χ3n) is 2.56. The molecule has 2 amide bonds. The van der Waals surface area contributed by atoms with Crippen molar-refractivity contribution in [1.82, 2.24) is 25.4 Å². The molecule has 0 saturated heterocycles. The summed E-state index contributed by atoms with van der Waals surface area (Å²) < 4.78 is 1.66. The van der Waals surface area contributed by atoms with Gasteiger partial charge in [-0.3, -0.25) is 0 Å². The monoisotopic (exact) mass is 295 g/mol. The first kappa shape index (κ1) is 14.0. The number of carbonyl (C=O) groups is 2. The minimum Gasteiger partial charge on any atom is -0.479 e. The van der Waals surface area contributed by atoms with Crippen LogP contribution in [-0.4, -0.2) is 31.9 Å². The van der Waals surface area contributed by atoms with E-state index in [4.69, 9.17) is 5.11 Å². The number of nitrogens with zero attached hydrogens (tertiary/aromatic N) is 3. The van der Waals surface area contributed by atoms with Crippen molar-refractivity contribution >= 4 is 23.3 Å². The first-order valence-electron chi connectivity index (χ1n) is 5.71. The van der Waals surface area contributed by atoms with E-state index in [-0.39, 0.29) is 6.54 Å². The maximum Gasteiger partial charge on any atom is 0.331 e. The zero-order chi connectivity index (χ0) is 14.5. The van der Waals surface area contributed by atoms with Crippen LogP contribution in [0.5, 0.6) is 0 Å². The summed E-state index contributed by atoms with van der Waals surface area (Å²) >= 11 is 1.27. The lowest BCUT2D eigenvalue weighted by molar-refractivity contribution is -0.139. The maximum atomic E-state index is 11.7. The Balaban J connectivity index is 1.92. The molecule has 2 heterocycles. The van der Waals surface area contributed by atoms with E-state index in [0.717, 1.165) is 0 Å². The van der Waals surface area contributed by atoms with Crippen LogP contribution in [0.1, 0.15) is 16.7 Å². The summed E-state index contributed by atoms with van der Waals surface area (Å²) in [4.78, 5) is 23.4. The Kier molecular flexibility index (Phi) is 4.31. The second kappa shape index (κ2) is 6.15. The van der Waals surface area contributed by atoms with E-state index in [1.165, 1.54) is 17.7 Å². The Morgan fingerprint density at radius 3 is 2.90 bits per heavy atom. The Morgan fingerprint density at radius 1 is 1.55 bits per heavy atom. The molecule has 8 nitrogen and oxygen atoms in total. The lowest BCUT2D eigenvalue weighted by atomic mass is 10.2. The van der Waals surface area contributed by atoms with E-state index in [2.05, 4.69) is 20.8 Å².